The fraction of sp³-hybridized carbons (Fsp3) is 0.235. The maximum atomic E-state index is 13.7. The Labute approximate surface area is 146 Å². The molecule has 134 valence electrons. The third-order valence-corrected chi connectivity index (χ3v) is 5.35. The number of likely N-dealkylation sites (N-methyl/N-ethyl adjacent to an activating group) is 1. The molecule has 0 bridgehead atoms. The predicted molar refractivity (Wildman–Crippen MR) is 95.6 cm³/mol. The predicted octanol–water partition coefficient (Wildman–Crippen LogP) is 2.15. The summed E-state index contributed by atoms with van der Waals surface area (Å²) in [5.41, 5.74) is 0.663. The average molecular weight is 365 g/mol. The third kappa shape index (κ3) is 4.55. The lowest BCUT2D eigenvalue weighted by Gasteiger charge is -2.19. The molecule has 0 radical (unpaired) electrons. The van der Waals surface area contributed by atoms with Gasteiger partial charge in [0, 0.05) is 26.8 Å². The quantitative estimate of drug-likeness (QED) is 0.852. The van der Waals surface area contributed by atoms with Crippen molar-refractivity contribution >= 4 is 27.3 Å². The summed E-state index contributed by atoms with van der Waals surface area (Å²) in [4.78, 5) is 13.7. The number of hydrogen-bond donors (Lipinski definition) is 1. The van der Waals surface area contributed by atoms with Crippen molar-refractivity contribution in [3.63, 3.8) is 0 Å². The normalized spacial score (nSPS) is 11.4. The Morgan fingerprint density at radius 1 is 1.08 bits per heavy atom. The number of para-hydroxylation sites is 1. The van der Waals surface area contributed by atoms with Crippen LogP contribution < -0.4 is 10.2 Å². The fourth-order valence-electron chi connectivity index (χ4n) is 2.21. The zero-order valence-corrected chi connectivity index (χ0v) is 15.0. The van der Waals surface area contributed by atoms with Crippen LogP contribution in [0.1, 0.15) is 0 Å². The number of anilines is 2. The molecular weight excluding hydrogens is 345 g/mol. The van der Waals surface area contributed by atoms with Gasteiger partial charge in [-0.1, -0.05) is 18.2 Å². The first-order chi connectivity index (χ1) is 11.7. The lowest BCUT2D eigenvalue weighted by Crippen LogP contribution is -2.30. The minimum atomic E-state index is -3.58. The van der Waals surface area contributed by atoms with Crippen LogP contribution in [0, 0.1) is 5.82 Å². The summed E-state index contributed by atoms with van der Waals surface area (Å²) < 4.78 is 39.1. The van der Waals surface area contributed by atoms with Gasteiger partial charge in [0.1, 0.15) is 5.82 Å². The number of amides is 1. The first kappa shape index (κ1) is 18.9. The van der Waals surface area contributed by atoms with E-state index in [1.165, 1.54) is 37.2 Å². The summed E-state index contributed by atoms with van der Waals surface area (Å²) in [6.45, 7) is -0.0778. The van der Waals surface area contributed by atoms with Gasteiger partial charge < -0.3 is 10.2 Å². The number of benzene rings is 2. The summed E-state index contributed by atoms with van der Waals surface area (Å²) in [6, 6.07) is 12.1. The van der Waals surface area contributed by atoms with Crippen LogP contribution in [-0.2, 0) is 14.8 Å². The highest BCUT2D eigenvalue weighted by Crippen LogP contribution is 2.19. The number of halogens is 1. The van der Waals surface area contributed by atoms with Gasteiger partial charge in [0.15, 0.2) is 0 Å². The molecule has 1 amide bonds. The monoisotopic (exact) mass is 365 g/mol. The molecule has 0 aliphatic carbocycles. The van der Waals surface area contributed by atoms with Crippen molar-refractivity contribution in [2.75, 3.05) is 37.9 Å². The number of nitrogens with one attached hydrogen (secondary N) is 1. The molecular formula is C17H20FN3O3S. The second kappa shape index (κ2) is 7.62. The zero-order chi connectivity index (χ0) is 18.6. The van der Waals surface area contributed by atoms with E-state index in [0.717, 1.165) is 4.31 Å². The summed E-state index contributed by atoms with van der Waals surface area (Å²) in [5, 5.41) is 2.63. The molecule has 0 aromatic heterocycles. The van der Waals surface area contributed by atoms with Crippen LogP contribution in [0.4, 0.5) is 15.8 Å². The van der Waals surface area contributed by atoms with Gasteiger partial charge in [-0.05, 0) is 30.3 Å². The molecule has 0 unspecified atom stereocenters. The van der Waals surface area contributed by atoms with Crippen molar-refractivity contribution in [2.24, 2.45) is 0 Å². The van der Waals surface area contributed by atoms with Crippen molar-refractivity contribution in [3.05, 3.63) is 54.3 Å². The van der Waals surface area contributed by atoms with Crippen LogP contribution in [0.15, 0.2) is 53.4 Å². The number of nitrogens with zero attached hydrogens (tertiary/aromatic N) is 2. The van der Waals surface area contributed by atoms with Crippen LogP contribution in [0.3, 0.4) is 0 Å². The molecule has 2 rings (SSSR count). The molecule has 0 saturated heterocycles. The summed E-state index contributed by atoms with van der Waals surface area (Å²) in [5.74, 6) is -0.804. The number of carbonyl (C=O) groups is 1. The summed E-state index contributed by atoms with van der Waals surface area (Å²) in [7, 11) is 0.886. The second-order valence-electron chi connectivity index (χ2n) is 5.67. The van der Waals surface area contributed by atoms with E-state index in [-0.39, 0.29) is 17.3 Å². The van der Waals surface area contributed by atoms with Gasteiger partial charge in [-0.15, -0.1) is 0 Å². The largest absolute Gasteiger partial charge is 0.363 e. The molecule has 2 aromatic rings. The Hall–Kier alpha value is -2.45. The van der Waals surface area contributed by atoms with Crippen molar-refractivity contribution in [3.8, 4) is 0 Å². The maximum Gasteiger partial charge on any atom is 0.243 e. The van der Waals surface area contributed by atoms with E-state index in [9.17, 15) is 17.6 Å². The van der Waals surface area contributed by atoms with E-state index in [1.807, 2.05) is 0 Å². The Kier molecular flexibility index (Phi) is 5.76. The van der Waals surface area contributed by atoms with E-state index >= 15 is 0 Å². The van der Waals surface area contributed by atoms with E-state index in [0.29, 0.717) is 11.4 Å². The molecule has 0 atom stereocenters. The van der Waals surface area contributed by atoms with Crippen LogP contribution in [0.5, 0.6) is 0 Å². The maximum absolute atomic E-state index is 13.7. The van der Waals surface area contributed by atoms with Crippen LogP contribution >= 0.6 is 0 Å². The molecule has 0 aliphatic rings. The molecule has 0 saturated carbocycles. The van der Waals surface area contributed by atoms with Gasteiger partial charge in [0.05, 0.1) is 17.1 Å². The lowest BCUT2D eigenvalue weighted by molar-refractivity contribution is -0.114. The van der Waals surface area contributed by atoms with Crippen LogP contribution in [0.25, 0.3) is 0 Å². The fourth-order valence-corrected chi connectivity index (χ4v) is 3.16. The first-order valence-electron chi connectivity index (χ1n) is 7.50. The van der Waals surface area contributed by atoms with Gasteiger partial charge in [0.2, 0.25) is 15.9 Å². The number of rotatable bonds is 6. The number of carbonyl (C=O) groups excluding carboxylic acids is 1. The van der Waals surface area contributed by atoms with Crippen molar-refractivity contribution in [2.45, 2.75) is 4.90 Å². The highest BCUT2D eigenvalue weighted by atomic mass is 32.2. The lowest BCUT2D eigenvalue weighted by atomic mass is 10.2. The van der Waals surface area contributed by atoms with Gasteiger partial charge in [-0.25, -0.2) is 17.1 Å². The topological polar surface area (TPSA) is 69.7 Å². The SMILES string of the molecule is CN(CC(=O)Nc1cccc(S(=O)(=O)N(C)C)c1)c1ccccc1F. The minimum absolute atomic E-state index is 0.0778. The third-order valence-electron chi connectivity index (χ3n) is 3.54. The molecule has 25 heavy (non-hydrogen) atoms. The van der Waals surface area contributed by atoms with Crippen LogP contribution in [0.2, 0.25) is 0 Å². The van der Waals surface area contributed by atoms with Gasteiger partial charge >= 0.3 is 0 Å². The molecule has 0 heterocycles. The molecule has 0 aliphatic heterocycles. The number of sulfonamides is 1. The van der Waals surface area contributed by atoms with Crippen molar-refractivity contribution in [1.29, 1.82) is 0 Å². The molecule has 2 aromatic carbocycles. The first-order valence-corrected chi connectivity index (χ1v) is 8.94. The molecule has 1 N–H and O–H groups in total. The van der Waals surface area contributed by atoms with E-state index in [4.69, 9.17) is 0 Å². The molecule has 8 heteroatoms. The molecule has 6 nitrogen and oxygen atoms in total. The average Bonchev–Trinajstić information content (AvgIpc) is 2.55. The summed E-state index contributed by atoms with van der Waals surface area (Å²) >= 11 is 0. The Morgan fingerprint density at radius 2 is 1.76 bits per heavy atom. The Balaban J connectivity index is 2.10. The van der Waals surface area contributed by atoms with E-state index in [2.05, 4.69) is 5.32 Å². The highest BCUT2D eigenvalue weighted by Gasteiger charge is 2.18. The molecule has 0 spiro atoms. The standard InChI is InChI=1S/C17H20FN3O3S/c1-20(2)25(23,24)14-8-6-7-13(11-14)19-17(22)12-21(3)16-10-5-4-9-15(16)18/h4-11H,12H2,1-3H3,(H,19,22). The Bertz CT molecular complexity index is 869. The minimum Gasteiger partial charge on any atom is -0.363 e. The highest BCUT2D eigenvalue weighted by molar-refractivity contribution is 7.89. The number of hydrogen-bond acceptors (Lipinski definition) is 4. The molecule has 0 fully saturated rings. The summed E-state index contributed by atoms with van der Waals surface area (Å²) in [6.07, 6.45) is 0. The van der Waals surface area contributed by atoms with E-state index in [1.54, 1.807) is 37.4 Å². The van der Waals surface area contributed by atoms with Crippen LogP contribution in [-0.4, -0.2) is 46.3 Å². The second-order valence-corrected chi connectivity index (χ2v) is 7.82. The van der Waals surface area contributed by atoms with Gasteiger partial charge in [-0.3, -0.25) is 4.79 Å². The smallest absolute Gasteiger partial charge is 0.243 e. The zero-order valence-electron chi connectivity index (χ0n) is 14.2. The van der Waals surface area contributed by atoms with Crippen molar-refractivity contribution in [1.82, 2.24) is 4.31 Å². The van der Waals surface area contributed by atoms with E-state index < -0.39 is 15.8 Å². The van der Waals surface area contributed by atoms with Gasteiger partial charge in [-0.2, -0.15) is 0 Å². The van der Waals surface area contributed by atoms with Gasteiger partial charge in [0.25, 0.3) is 0 Å². The Morgan fingerprint density at radius 3 is 2.40 bits per heavy atom. The van der Waals surface area contributed by atoms with Crippen molar-refractivity contribution < 1.29 is 17.6 Å².